The van der Waals surface area contributed by atoms with E-state index in [-0.39, 0.29) is 52.6 Å². The smallest absolute Gasteiger partial charge is 0.347 e. The number of hydrogen-bond donors (Lipinski definition) is 2. The third-order valence-corrected chi connectivity index (χ3v) is 5.48. The Kier molecular flexibility index (Phi) is 5.55. The van der Waals surface area contributed by atoms with Crippen LogP contribution in [-0.4, -0.2) is 54.0 Å². The number of carbonyl (C=O) groups excluding carboxylic acids is 3. The van der Waals surface area contributed by atoms with E-state index in [2.05, 4.69) is 15.3 Å². The monoisotopic (exact) mass is 474 g/mol. The zero-order valence-corrected chi connectivity index (χ0v) is 18.3. The van der Waals surface area contributed by atoms with Crippen molar-refractivity contribution in [2.24, 2.45) is 0 Å². The Hall–Kier alpha value is -4.48. The summed E-state index contributed by atoms with van der Waals surface area (Å²) in [4.78, 5) is 43.0. The number of hydrogen-bond acceptors (Lipinski definition) is 10. The molecule has 4 aromatic rings. The molecule has 1 aromatic carbocycles. The molecule has 0 fully saturated rings. The van der Waals surface area contributed by atoms with Gasteiger partial charge in [-0.25, -0.2) is 4.79 Å². The van der Waals surface area contributed by atoms with Gasteiger partial charge in [-0.3, -0.25) is 19.3 Å². The number of aliphatic hydroxyl groups is 2. The van der Waals surface area contributed by atoms with Gasteiger partial charge >= 0.3 is 5.97 Å². The van der Waals surface area contributed by atoms with Crippen LogP contribution in [-0.2, 0) is 6.54 Å². The molecule has 1 aliphatic carbocycles. The predicted molar refractivity (Wildman–Crippen MR) is 118 cm³/mol. The molecule has 11 heteroatoms. The first-order chi connectivity index (χ1) is 16.8. The lowest BCUT2D eigenvalue weighted by Crippen LogP contribution is -2.23. The number of nitrogens with zero attached hydrogens (tertiary/aromatic N) is 4. The van der Waals surface area contributed by atoms with Crippen LogP contribution >= 0.6 is 0 Å². The first kappa shape index (κ1) is 22.3. The van der Waals surface area contributed by atoms with Gasteiger partial charge in [0.1, 0.15) is 28.5 Å². The summed E-state index contributed by atoms with van der Waals surface area (Å²) in [5.41, 5.74) is 0.867. The summed E-state index contributed by atoms with van der Waals surface area (Å²) in [5, 5.41) is 26.0. The van der Waals surface area contributed by atoms with Crippen molar-refractivity contribution in [3.8, 4) is 17.0 Å². The number of pyridine rings is 1. The Morgan fingerprint density at radius 1 is 1.17 bits per heavy atom. The summed E-state index contributed by atoms with van der Waals surface area (Å²) < 4.78 is 12.5. The van der Waals surface area contributed by atoms with E-state index in [9.17, 15) is 14.4 Å². The summed E-state index contributed by atoms with van der Waals surface area (Å²) in [6.07, 6.45) is 1.66. The Morgan fingerprint density at radius 2 is 2.00 bits per heavy atom. The minimum atomic E-state index is -1.45. The van der Waals surface area contributed by atoms with E-state index >= 15 is 0 Å². The molecule has 1 aliphatic rings. The SMILES string of the molecule is Cc1oc2c(c1C(=O)Oc1cccc(-c3cn(CCC(O)O)nn3)c1)C(=O)c1ncccc1C2=O. The average Bonchev–Trinajstić information content (AvgIpc) is 3.46. The Bertz CT molecular complexity index is 1480. The Morgan fingerprint density at radius 3 is 2.80 bits per heavy atom. The van der Waals surface area contributed by atoms with Gasteiger partial charge in [-0.1, -0.05) is 17.3 Å². The highest BCUT2D eigenvalue weighted by Crippen LogP contribution is 2.33. The van der Waals surface area contributed by atoms with Gasteiger partial charge in [-0.2, -0.15) is 0 Å². The van der Waals surface area contributed by atoms with Gasteiger partial charge in [0.25, 0.3) is 0 Å². The van der Waals surface area contributed by atoms with Gasteiger partial charge in [-0.15, -0.1) is 5.10 Å². The largest absolute Gasteiger partial charge is 0.456 e. The third-order valence-electron chi connectivity index (χ3n) is 5.48. The van der Waals surface area contributed by atoms with Gasteiger partial charge in [0, 0.05) is 24.7 Å². The highest BCUT2D eigenvalue weighted by Gasteiger charge is 2.39. The fraction of sp³-hybridized carbons (Fsp3) is 0.167. The van der Waals surface area contributed by atoms with Crippen LogP contribution in [0.3, 0.4) is 0 Å². The number of benzene rings is 1. The van der Waals surface area contributed by atoms with Crippen LogP contribution in [0.25, 0.3) is 11.3 Å². The van der Waals surface area contributed by atoms with Crippen molar-refractivity contribution in [3.63, 3.8) is 0 Å². The van der Waals surface area contributed by atoms with Gasteiger partial charge in [-0.05, 0) is 31.2 Å². The number of aliphatic hydroxyl groups excluding tert-OH is 1. The molecule has 0 unspecified atom stereocenters. The minimum absolute atomic E-state index is 0.0429. The van der Waals surface area contributed by atoms with Crippen molar-refractivity contribution in [1.82, 2.24) is 20.0 Å². The van der Waals surface area contributed by atoms with Crippen molar-refractivity contribution in [2.45, 2.75) is 26.2 Å². The van der Waals surface area contributed by atoms with Crippen molar-refractivity contribution in [1.29, 1.82) is 0 Å². The van der Waals surface area contributed by atoms with E-state index in [1.165, 1.54) is 23.9 Å². The molecular weight excluding hydrogens is 456 g/mol. The van der Waals surface area contributed by atoms with Crippen LogP contribution < -0.4 is 4.74 Å². The van der Waals surface area contributed by atoms with E-state index in [1.807, 2.05) is 0 Å². The van der Waals surface area contributed by atoms with Gasteiger partial charge in [0.15, 0.2) is 12.1 Å². The number of aromatic nitrogens is 4. The zero-order chi connectivity index (χ0) is 24.7. The number of esters is 1. The molecule has 3 aromatic heterocycles. The molecule has 0 radical (unpaired) electrons. The number of ketones is 2. The molecular formula is C24H18N4O7. The molecule has 2 N–H and O–H groups in total. The van der Waals surface area contributed by atoms with Crippen LogP contribution in [0, 0.1) is 6.92 Å². The fourth-order valence-electron chi connectivity index (χ4n) is 3.84. The summed E-state index contributed by atoms with van der Waals surface area (Å²) in [5.74, 6) is -1.92. The lowest BCUT2D eigenvalue weighted by Gasteiger charge is -2.12. The third kappa shape index (κ3) is 4.03. The van der Waals surface area contributed by atoms with Crippen LogP contribution in [0.15, 0.2) is 53.2 Å². The topological polar surface area (TPSA) is 158 Å². The van der Waals surface area contributed by atoms with E-state index in [4.69, 9.17) is 19.4 Å². The van der Waals surface area contributed by atoms with E-state index in [0.29, 0.717) is 11.3 Å². The molecule has 5 rings (SSSR count). The van der Waals surface area contributed by atoms with E-state index in [0.717, 1.165) is 0 Å². The average molecular weight is 474 g/mol. The second-order valence-corrected chi connectivity index (χ2v) is 7.85. The minimum Gasteiger partial charge on any atom is -0.456 e. The zero-order valence-electron chi connectivity index (χ0n) is 18.3. The Labute approximate surface area is 197 Å². The number of rotatable bonds is 6. The molecule has 0 spiro atoms. The molecule has 0 aliphatic heterocycles. The fourth-order valence-corrected chi connectivity index (χ4v) is 3.84. The highest BCUT2D eigenvalue weighted by molar-refractivity contribution is 6.29. The molecule has 0 amide bonds. The number of furan rings is 1. The van der Waals surface area contributed by atoms with Crippen LogP contribution in [0.5, 0.6) is 5.75 Å². The summed E-state index contributed by atoms with van der Waals surface area (Å²) >= 11 is 0. The first-order valence-electron chi connectivity index (χ1n) is 10.6. The molecule has 0 atom stereocenters. The number of aryl methyl sites for hydroxylation is 2. The van der Waals surface area contributed by atoms with Crippen molar-refractivity contribution < 1.29 is 33.8 Å². The summed E-state index contributed by atoms with van der Waals surface area (Å²) in [7, 11) is 0. The lowest BCUT2D eigenvalue weighted by molar-refractivity contribution is -0.0483. The Balaban J connectivity index is 1.42. The molecule has 3 heterocycles. The van der Waals surface area contributed by atoms with Crippen LogP contribution in [0.4, 0.5) is 0 Å². The summed E-state index contributed by atoms with van der Waals surface area (Å²) in [6.45, 7) is 1.74. The van der Waals surface area contributed by atoms with Gasteiger partial charge in [0.05, 0.1) is 17.3 Å². The maximum absolute atomic E-state index is 13.1. The van der Waals surface area contributed by atoms with Crippen molar-refractivity contribution in [3.05, 3.63) is 82.7 Å². The van der Waals surface area contributed by atoms with Crippen molar-refractivity contribution in [2.75, 3.05) is 0 Å². The number of fused-ring (bicyclic) bond motifs is 2. The second-order valence-electron chi connectivity index (χ2n) is 7.85. The maximum atomic E-state index is 13.1. The maximum Gasteiger partial charge on any atom is 0.347 e. The van der Waals surface area contributed by atoms with Crippen LogP contribution in [0.2, 0.25) is 0 Å². The number of carbonyl (C=O) groups is 3. The molecule has 35 heavy (non-hydrogen) atoms. The van der Waals surface area contributed by atoms with E-state index < -0.39 is 23.8 Å². The van der Waals surface area contributed by atoms with Crippen LogP contribution in [0.1, 0.15) is 54.7 Å². The summed E-state index contributed by atoms with van der Waals surface area (Å²) in [6, 6.07) is 9.54. The highest BCUT2D eigenvalue weighted by atomic mass is 16.5. The normalized spacial score (nSPS) is 12.6. The molecule has 0 bridgehead atoms. The quantitative estimate of drug-likeness (QED) is 0.212. The van der Waals surface area contributed by atoms with Crippen molar-refractivity contribution >= 4 is 17.5 Å². The first-order valence-corrected chi connectivity index (χ1v) is 10.6. The standard InChI is InChI=1S/C24H18N4O7/c1-12-18(19-22(32)20-15(6-3-8-25-20)21(31)23(19)34-12)24(33)35-14-5-2-4-13(10-14)16-11-28(27-26-16)9-7-17(29)30/h2-6,8,10-11,17,29-30H,7,9H2,1H3. The number of ether oxygens (including phenoxy) is 1. The molecule has 0 saturated carbocycles. The van der Waals surface area contributed by atoms with Gasteiger partial charge in [0.2, 0.25) is 11.6 Å². The molecule has 11 nitrogen and oxygen atoms in total. The van der Waals surface area contributed by atoms with E-state index in [1.54, 1.807) is 36.5 Å². The second kappa shape index (κ2) is 8.70. The van der Waals surface area contributed by atoms with Gasteiger partial charge < -0.3 is 19.4 Å². The molecule has 0 saturated heterocycles. The predicted octanol–water partition coefficient (Wildman–Crippen LogP) is 1.94. The lowest BCUT2D eigenvalue weighted by atomic mass is 9.90. The molecule has 176 valence electrons.